The lowest BCUT2D eigenvalue weighted by Crippen LogP contribution is -2.49. The predicted octanol–water partition coefficient (Wildman–Crippen LogP) is 2.18. The van der Waals surface area contributed by atoms with Crippen LogP contribution in [0.2, 0.25) is 0 Å². The normalized spacial score (nSPS) is 19.5. The van der Waals surface area contributed by atoms with Gasteiger partial charge in [-0.25, -0.2) is 12.8 Å². The zero-order valence-electron chi connectivity index (χ0n) is 12.2. The maximum absolute atomic E-state index is 12.8. The van der Waals surface area contributed by atoms with E-state index in [1.807, 2.05) is 0 Å². The highest BCUT2D eigenvalue weighted by molar-refractivity contribution is 8.00. The second-order valence-electron chi connectivity index (χ2n) is 5.10. The number of nitrogens with zero attached hydrogens (tertiary/aromatic N) is 1. The van der Waals surface area contributed by atoms with Gasteiger partial charge in [0, 0.05) is 30.7 Å². The average Bonchev–Trinajstić information content (AvgIpc) is 2.48. The first-order valence-corrected chi connectivity index (χ1v) is 9.97. The van der Waals surface area contributed by atoms with Crippen LogP contribution in [0.15, 0.2) is 30.3 Å². The van der Waals surface area contributed by atoms with Crippen LogP contribution in [0.1, 0.15) is 12.0 Å². The van der Waals surface area contributed by atoms with E-state index in [4.69, 9.17) is 0 Å². The largest absolute Gasteiger partial charge is 0.324 e. The molecular weight excluding hydrogens is 325 g/mol. The van der Waals surface area contributed by atoms with Gasteiger partial charge in [0.15, 0.2) is 9.84 Å². The van der Waals surface area contributed by atoms with E-state index in [2.05, 4.69) is 0 Å². The smallest absolute Gasteiger partial charge is 0.227 e. The number of thioether (sulfide) groups is 1. The van der Waals surface area contributed by atoms with Crippen molar-refractivity contribution in [3.8, 4) is 0 Å². The maximum Gasteiger partial charge on any atom is 0.227 e. The number of carbonyl (C=O) groups excluding carboxylic acids is 1. The molecule has 4 nitrogen and oxygen atoms in total. The van der Waals surface area contributed by atoms with Crippen molar-refractivity contribution in [2.45, 2.75) is 11.8 Å². The first-order chi connectivity index (χ1) is 10.4. The molecule has 22 heavy (non-hydrogen) atoms. The van der Waals surface area contributed by atoms with Gasteiger partial charge in [0.25, 0.3) is 0 Å². The first-order valence-electron chi connectivity index (χ1n) is 6.86. The van der Waals surface area contributed by atoms with Gasteiger partial charge in [-0.2, -0.15) is 11.8 Å². The van der Waals surface area contributed by atoms with E-state index in [-0.39, 0.29) is 18.1 Å². The number of hydrogen-bond acceptors (Lipinski definition) is 4. The zero-order valence-corrected chi connectivity index (χ0v) is 13.9. The Balaban J connectivity index is 2.00. The SMILES string of the molecule is CS(=O)(=O)C1CSCCN1C(=O)C/C=C/c1ccc(F)cc1. The summed E-state index contributed by atoms with van der Waals surface area (Å²) in [5, 5.41) is -0.738. The highest BCUT2D eigenvalue weighted by Gasteiger charge is 2.33. The molecule has 1 saturated heterocycles. The Labute approximate surface area is 134 Å². The second kappa shape index (κ2) is 7.28. The summed E-state index contributed by atoms with van der Waals surface area (Å²) in [5.74, 6) is 0.662. The van der Waals surface area contributed by atoms with Gasteiger partial charge < -0.3 is 4.90 Å². The molecular formula is C15H18FNO3S2. The number of benzene rings is 1. The summed E-state index contributed by atoms with van der Waals surface area (Å²) in [5.41, 5.74) is 0.795. The van der Waals surface area contributed by atoms with Gasteiger partial charge in [-0.05, 0) is 17.7 Å². The fourth-order valence-electron chi connectivity index (χ4n) is 2.21. The fourth-order valence-corrected chi connectivity index (χ4v) is 5.04. The molecule has 1 aliphatic heterocycles. The van der Waals surface area contributed by atoms with Crippen LogP contribution in [0.25, 0.3) is 6.08 Å². The van der Waals surface area contributed by atoms with Crippen molar-refractivity contribution in [1.29, 1.82) is 0 Å². The summed E-state index contributed by atoms with van der Waals surface area (Å²) in [7, 11) is -3.28. The highest BCUT2D eigenvalue weighted by Crippen LogP contribution is 2.21. The molecule has 1 aliphatic rings. The number of hydrogen-bond donors (Lipinski definition) is 0. The van der Waals surface area contributed by atoms with Gasteiger partial charge in [-0.1, -0.05) is 24.3 Å². The fraction of sp³-hybridized carbons (Fsp3) is 0.400. The summed E-state index contributed by atoms with van der Waals surface area (Å²) in [6, 6.07) is 5.94. The second-order valence-corrected chi connectivity index (χ2v) is 8.46. The van der Waals surface area contributed by atoms with E-state index in [0.29, 0.717) is 12.3 Å². The summed E-state index contributed by atoms with van der Waals surface area (Å²) in [4.78, 5) is 13.7. The molecule has 0 spiro atoms. The summed E-state index contributed by atoms with van der Waals surface area (Å²) < 4.78 is 36.3. The van der Waals surface area contributed by atoms with Gasteiger partial charge >= 0.3 is 0 Å². The van der Waals surface area contributed by atoms with Gasteiger partial charge in [0.05, 0.1) is 0 Å². The molecule has 1 heterocycles. The molecule has 1 aromatic carbocycles. The van der Waals surface area contributed by atoms with E-state index in [9.17, 15) is 17.6 Å². The molecule has 120 valence electrons. The Kier molecular flexibility index (Phi) is 5.63. The van der Waals surface area contributed by atoms with Crippen molar-refractivity contribution in [2.75, 3.05) is 24.3 Å². The minimum absolute atomic E-state index is 0.133. The maximum atomic E-state index is 12.8. The van der Waals surface area contributed by atoms with Crippen molar-refractivity contribution in [2.24, 2.45) is 0 Å². The lowest BCUT2D eigenvalue weighted by atomic mass is 10.2. The third-order valence-electron chi connectivity index (χ3n) is 3.37. The molecule has 1 fully saturated rings. The van der Waals surface area contributed by atoms with Gasteiger partial charge in [-0.3, -0.25) is 4.79 Å². The Morgan fingerprint density at radius 1 is 1.41 bits per heavy atom. The number of amides is 1. The first kappa shape index (κ1) is 17.0. The summed E-state index contributed by atoms with van der Waals surface area (Å²) in [6.45, 7) is 0.450. The van der Waals surface area contributed by atoms with Crippen LogP contribution < -0.4 is 0 Å². The third kappa shape index (κ3) is 4.58. The summed E-state index contributed by atoms with van der Waals surface area (Å²) >= 11 is 1.55. The molecule has 0 aliphatic carbocycles. The molecule has 1 aromatic rings. The molecule has 2 rings (SSSR count). The Morgan fingerprint density at radius 2 is 2.09 bits per heavy atom. The Hall–Kier alpha value is -1.34. The van der Waals surface area contributed by atoms with Crippen molar-refractivity contribution in [1.82, 2.24) is 4.90 Å². The standard InChI is InChI=1S/C15H18FNO3S2/c1-22(19,20)15-11-21-10-9-17(15)14(18)4-2-3-12-5-7-13(16)8-6-12/h2-3,5-8,15H,4,9-11H2,1H3/b3-2+. The van der Waals surface area contributed by atoms with Crippen LogP contribution in [0.5, 0.6) is 0 Å². The topological polar surface area (TPSA) is 54.5 Å². The van der Waals surface area contributed by atoms with Gasteiger partial charge in [-0.15, -0.1) is 0 Å². The van der Waals surface area contributed by atoms with Crippen LogP contribution in [0, 0.1) is 5.82 Å². The molecule has 0 bridgehead atoms. The number of halogens is 1. The van der Waals surface area contributed by atoms with Crippen LogP contribution in [0.3, 0.4) is 0 Å². The van der Waals surface area contributed by atoms with Gasteiger partial charge in [0.1, 0.15) is 11.2 Å². The molecule has 7 heteroatoms. The van der Waals surface area contributed by atoms with Crippen LogP contribution >= 0.6 is 11.8 Å². The van der Waals surface area contributed by atoms with Crippen molar-refractivity contribution in [3.63, 3.8) is 0 Å². The molecule has 0 aromatic heterocycles. The Bertz CT molecular complexity index is 656. The number of rotatable bonds is 4. The monoisotopic (exact) mass is 343 g/mol. The minimum Gasteiger partial charge on any atom is -0.324 e. The molecule has 0 N–H and O–H groups in total. The lowest BCUT2D eigenvalue weighted by Gasteiger charge is -2.33. The van der Waals surface area contributed by atoms with Crippen LogP contribution in [0.4, 0.5) is 4.39 Å². The van der Waals surface area contributed by atoms with E-state index < -0.39 is 15.2 Å². The predicted molar refractivity (Wildman–Crippen MR) is 87.7 cm³/mol. The quantitative estimate of drug-likeness (QED) is 0.841. The van der Waals surface area contributed by atoms with Crippen molar-refractivity contribution in [3.05, 3.63) is 41.7 Å². The van der Waals surface area contributed by atoms with Crippen LogP contribution in [-0.4, -0.2) is 48.9 Å². The molecule has 0 saturated carbocycles. The zero-order chi connectivity index (χ0) is 16.2. The Morgan fingerprint density at radius 3 is 2.73 bits per heavy atom. The van der Waals surface area contributed by atoms with E-state index in [0.717, 1.165) is 17.6 Å². The van der Waals surface area contributed by atoms with E-state index in [1.54, 1.807) is 36.0 Å². The highest BCUT2D eigenvalue weighted by atomic mass is 32.2. The number of carbonyl (C=O) groups is 1. The van der Waals surface area contributed by atoms with Crippen LogP contribution in [-0.2, 0) is 14.6 Å². The van der Waals surface area contributed by atoms with E-state index in [1.165, 1.54) is 17.0 Å². The van der Waals surface area contributed by atoms with Crippen molar-refractivity contribution < 1.29 is 17.6 Å². The molecule has 1 unspecified atom stereocenters. The van der Waals surface area contributed by atoms with Gasteiger partial charge in [0.2, 0.25) is 5.91 Å². The lowest BCUT2D eigenvalue weighted by molar-refractivity contribution is -0.130. The summed E-state index contributed by atoms with van der Waals surface area (Å²) in [6.07, 6.45) is 4.70. The van der Waals surface area contributed by atoms with Crippen molar-refractivity contribution >= 4 is 33.6 Å². The minimum atomic E-state index is -3.28. The van der Waals surface area contributed by atoms with E-state index >= 15 is 0 Å². The third-order valence-corrected chi connectivity index (χ3v) is 6.02. The molecule has 1 atom stereocenters. The molecule has 0 radical (unpaired) electrons. The average molecular weight is 343 g/mol. The molecule has 1 amide bonds. The number of sulfone groups is 1.